The van der Waals surface area contributed by atoms with Gasteiger partial charge in [-0.3, -0.25) is 0 Å². The summed E-state index contributed by atoms with van der Waals surface area (Å²) in [6, 6.07) is 32.1. The molecule has 0 bridgehead atoms. The minimum atomic E-state index is -0.163. The minimum absolute atomic E-state index is 0.163. The Kier molecular flexibility index (Phi) is 6.53. The van der Waals surface area contributed by atoms with Crippen LogP contribution >= 0.6 is 25.7 Å². The fourth-order valence-corrected chi connectivity index (χ4v) is 8.37. The van der Waals surface area contributed by atoms with Crippen molar-refractivity contribution in [1.82, 2.24) is 0 Å². The Bertz CT molecular complexity index is 631. The summed E-state index contributed by atoms with van der Waals surface area (Å²) in [6.45, 7) is 0. The molecule has 0 saturated carbocycles. The molecule has 0 heterocycles. The monoisotopic (exact) mass is 370 g/mol. The summed E-state index contributed by atoms with van der Waals surface area (Å²) in [5.41, 5.74) is 0. The average molecular weight is 370 g/mol. The molecule has 3 atom stereocenters. The number of ether oxygens (including phenoxy) is 1. The van der Waals surface area contributed by atoms with Crippen LogP contribution in [-0.4, -0.2) is 11.9 Å². The molecule has 0 aromatic heterocycles. The van der Waals surface area contributed by atoms with Crippen LogP contribution in [0.25, 0.3) is 0 Å². The van der Waals surface area contributed by atoms with Gasteiger partial charge in [-0.05, 0) is 41.7 Å². The van der Waals surface area contributed by atoms with E-state index in [0.29, 0.717) is 25.7 Å². The lowest BCUT2D eigenvalue weighted by atomic mass is 10.4. The minimum Gasteiger partial charge on any atom is -0.365 e. The van der Waals surface area contributed by atoms with Crippen LogP contribution in [-0.2, 0) is 4.74 Å². The molecule has 24 heavy (non-hydrogen) atoms. The standard InChI is InChI=1S/C20H21OP3/c1-21-20(22-17-11-5-2-6-12-17,23-18-13-7-3-8-14-18)24-19-15-9-4-10-16-19/h2-16,22-24H,1H3. The number of hydrogen-bond donors (Lipinski definition) is 0. The second-order valence-corrected chi connectivity index (χ2v) is 11.5. The molecular formula is C20H21OP3. The van der Waals surface area contributed by atoms with Crippen molar-refractivity contribution in [3.8, 4) is 0 Å². The van der Waals surface area contributed by atoms with E-state index in [1.165, 1.54) is 15.9 Å². The van der Waals surface area contributed by atoms with Crippen LogP contribution in [0.3, 0.4) is 0 Å². The summed E-state index contributed by atoms with van der Waals surface area (Å²) in [4.78, 5) is -0.163. The molecule has 0 fully saturated rings. The van der Waals surface area contributed by atoms with Crippen LogP contribution in [0, 0.1) is 0 Å². The summed E-state index contributed by atoms with van der Waals surface area (Å²) in [5, 5.41) is 4.06. The van der Waals surface area contributed by atoms with Crippen molar-refractivity contribution in [2.45, 2.75) is 4.82 Å². The fraction of sp³-hybridized carbons (Fsp3) is 0.100. The molecule has 0 radical (unpaired) electrons. The molecule has 0 spiro atoms. The highest BCUT2D eigenvalue weighted by atomic mass is 31.2. The number of methoxy groups -OCH3 is 1. The predicted octanol–water partition coefficient (Wildman–Crippen LogP) is 4.26. The summed E-state index contributed by atoms with van der Waals surface area (Å²) in [5.74, 6) is 0. The molecule has 1 nitrogen and oxygen atoms in total. The summed E-state index contributed by atoms with van der Waals surface area (Å²) in [6.07, 6.45) is 0. The van der Waals surface area contributed by atoms with Crippen LogP contribution in [0.4, 0.5) is 0 Å². The molecule has 0 aliphatic rings. The zero-order valence-electron chi connectivity index (χ0n) is 13.6. The maximum Gasteiger partial charge on any atom is 0.127 e. The molecule has 0 aliphatic carbocycles. The van der Waals surface area contributed by atoms with Crippen molar-refractivity contribution in [2.24, 2.45) is 0 Å². The SMILES string of the molecule is COC(Pc1ccccc1)(Pc1ccccc1)Pc1ccccc1. The second kappa shape index (κ2) is 8.84. The third-order valence-electron chi connectivity index (χ3n) is 3.59. The number of benzene rings is 3. The van der Waals surface area contributed by atoms with E-state index in [2.05, 4.69) is 91.0 Å². The van der Waals surface area contributed by atoms with Gasteiger partial charge in [-0.25, -0.2) is 0 Å². The molecule has 3 aromatic rings. The molecule has 122 valence electrons. The average Bonchev–Trinajstić information content (AvgIpc) is 2.64. The van der Waals surface area contributed by atoms with Crippen molar-refractivity contribution in [2.75, 3.05) is 7.11 Å². The van der Waals surface area contributed by atoms with E-state index in [1.807, 2.05) is 7.11 Å². The lowest BCUT2D eigenvalue weighted by Crippen LogP contribution is -2.23. The Balaban J connectivity index is 1.91. The van der Waals surface area contributed by atoms with E-state index in [4.69, 9.17) is 4.74 Å². The molecule has 3 aromatic carbocycles. The largest absolute Gasteiger partial charge is 0.365 e. The molecule has 0 N–H and O–H groups in total. The quantitative estimate of drug-likeness (QED) is 0.565. The van der Waals surface area contributed by atoms with Crippen molar-refractivity contribution in [3.05, 3.63) is 91.0 Å². The van der Waals surface area contributed by atoms with Gasteiger partial charge in [0.1, 0.15) is 4.82 Å². The zero-order valence-corrected chi connectivity index (χ0v) is 16.6. The summed E-state index contributed by atoms with van der Waals surface area (Å²) >= 11 is 0. The van der Waals surface area contributed by atoms with Gasteiger partial charge in [0.25, 0.3) is 0 Å². The lowest BCUT2D eigenvalue weighted by Gasteiger charge is -2.33. The molecule has 3 rings (SSSR count). The van der Waals surface area contributed by atoms with E-state index < -0.39 is 0 Å². The van der Waals surface area contributed by atoms with Gasteiger partial charge in [-0.15, -0.1) is 0 Å². The maximum atomic E-state index is 6.19. The molecule has 4 heteroatoms. The topological polar surface area (TPSA) is 9.23 Å². The molecule has 3 unspecified atom stereocenters. The fourth-order valence-electron chi connectivity index (χ4n) is 2.42. The van der Waals surface area contributed by atoms with Crippen molar-refractivity contribution in [3.63, 3.8) is 0 Å². The highest BCUT2D eigenvalue weighted by molar-refractivity contribution is 7.82. The van der Waals surface area contributed by atoms with E-state index >= 15 is 0 Å². The van der Waals surface area contributed by atoms with Crippen LogP contribution in [0.2, 0.25) is 0 Å². The summed E-state index contributed by atoms with van der Waals surface area (Å²) in [7, 11) is 3.72. The van der Waals surface area contributed by atoms with Crippen LogP contribution < -0.4 is 15.9 Å². The van der Waals surface area contributed by atoms with Crippen molar-refractivity contribution < 1.29 is 4.74 Å². The zero-order chi connectivity index (χ0) is 16.7. The van der Waals surface area contributed by atoms with Crippen LogP contribution in [0.15, 0.2) is 91.0 Å². The van der Waals surface area contributed by atoms with Gasteiger partial charge in [0, 0.05) is 7.11 Å². The molecule has 0 amide bonds. The van der Waals surface area contributed by atoms with Gasteiger partial charge in [0.2, 0.25) is 0 Å². The normalized spacial score (nSPS) is 14.9. The summed E-state index contributed by atoms with van der Waals surface area (Å²) < 4.78 is 6.19. The van der Waals surface area contributed by atoms with E-state index in [1.54, 1.807) is 0 Å². The maximum absolute atomic E-state index is 6.19. The van der Waals surface area contributed by atoms with Crippen LogP contribution in [0.1, 0.15) is 0 Å². The van der Waals surface area contributed by atoms with Gasteiger partial charge in [-0.1, -0.05) is 91.0 Å². The third kappa shape index (κ3) is 4.95. The highest BCUT2D eigenvalue weighted by Crippen LogP contribution is 2.57. The Morgan fingerprint density at radius 3 is 1.08 bits per heavy atom. The van der Waals surface area contributed by atoms with E-state index in [-0.39, 0.29) is 4.82 Å². The lowest BCUT2D eigenvalue weighted by molar-refractivity contribution is 0.207. The smallest absolute Gasteiger partial charge is 0.127 e. The van der Waals surface area contributed by atoms with E-state index in [9.17, 15) is 0 Å². The number of rotatable bonds is 7. The molecule has 0 aliphatic heterocycles. The first-order valence-electron chi connectivity index (χ1n) is 7.84. The van der Waals surface area contributed by atoms with Crippen molar-refractivity contribution in [1.29, 1.82) is 0 Å². The van der Waals surface area contributed by atoms with E-state index in [0.717, 1.165) is 0 Å². The number of hydrogen-bond acceptors (Lipinski definition) is 1. The van der Waals surface area contributed by atoms with Crippen LogP contribution in [0.5, 0.6) is 0 Å². The third-order valence-corrected chi connectivity index (χ3v) is 9.37. The second-order valence-electron chi connectivity index (χ2n) is 5.36. The Morgan fingerprint density at radius 1 is 0.542 bits per heavy atom. The van der Waals surface area contributed by atoms with Gasteiger partial charge in [0.05, 0.1) is 0 Å². The van der Waals surface area contributed by atoms with Gasteiger partial charge in [-0.2, -0.15) is 0 Å². The Hall–Kier alpha value is -1.09. The van der Waals surface area contributed by atoms with Crippen molar-refractivity contribution >= 4 is 41.7 Å². The van der Waals surface area contributed by atoms with Gasteiger partial charge >= 0.3 is 0 Å². The Labute approximate surface area is 149 Å². The first-order valence-corrected chi connectivity index (χ1v) is 10.8. The van der Waals surface area contributed by atoms with Gasteiger partial charge in [0.15, 0.2) is 0 Å². The first-order chi connectivity index (χ1) is 11.8. The Morgan fingerprint density at radius 2 is 0.833 bits per heavy atom. The van der Waals surface area contributed by atoms with Gasteiger partial charge < -0.3 is 4.74 Å². The molecule has 0 saturated heterocycles. The first kappa shape index (κ1) is 17.7. The molecular weight excluding hydrogens is 349 g/mol. The predicted molar refractivity (Wildman–Crippen MR) is 113 cm³/mol. The highest BCUT2D eigenvalue weighted by Gasteiger charge is 2.31.